The maximum Gasteiger partial charge on any atom is 0.0632 e. The molecule has 0 unspecified atom stereocenters. The highest BCUT2D eigenvalue weighted by atomic mass is 16.5. The molecule has 1 rings (SSSR count). The zero-order valence-electron chi connectivity index (χ0n) is 11.2. The summed E-state index contributed by atoms with van der Waals surface area (Å²) in [6.45, 7) is 9.61. The van der Waals surface area contributed by atoms with E-state index in [1.807, 2.05) is 0 Å². The second-order valence-corrected chi connectivity index (χ2v) is 6.30. The van der Waals surface area contributed by atoms with Gasteiger partial charge in [-0.15, -0.1) is 0 Å². The summed E-state index contributed by atoms with van der Waals surface area (Å²) >= 11 is 0. The SMILES string of the molecule is CC(C)CC[C@@]1(CC#N)CCOC(C)(C)C1. The zero-order valence-corrected chi connectivity index (χ0v) is 11.2. The Labute approximate surface area is 100.0 Å². The molecule has 92 valence electrons. The summed E-state index contributed by atoms with van der Waals surface area (Å²) in [5.41, 5.74) is 0.160. The first-order valence-corrected chi connectivity index (χ1v) is 6.40. The van der Waals surface area contributed by atoms with E-state index in [9.17, 15) is 0 Å². The lowest BCUT2D eigenvalue weighted by atomic mass is 9.68. The van der Waals surface area contributed by atoms with Crippen LogP contribution in [0.5, 0.6) is 0 Å². The van der Waals surface area contributed by atoms with Crippen molar-refractivity contribution in [1.82, 2.24) is 0 Å². The van der Waals surface area contributed by atoms with Gasteiger partial charge in [0.05, 0.1) is 11.7 Å². The third-order valence-electron chi connectivity index (χ3n) is 3.63. The molecular weight excluding hydrogens is 198 g/mol. The van der Waals surface area contributed by atoms with Gasteiger partial charge in [0.2, 0.25) is 0 Å². The van der Waals surface area contributed by atoms with Crippen LogP contribution >= 0.6 is 0 Å². The van der Waals surface area contributed by atoms with E-state index in [0.29, 0.717) is 6.42 Å². The van der Waals surface area contributed by atoms with E-state index in [2.05, 4.69) is 33.8 Å². The molecule has 0 aromatic heterocycles. The first-order chi connectivity index (χ1) is 7.39. The van der Waals surface area contributed by atoms with E-state index in [4.69, 9.17) is 10.00 Å². The predicted octanol–water partition coefficient (Wildman–Crippen LogP) is 3.91. The summed E-state index contributed by atoms with van der Waals surface area (Å²) in [7, 11) is 0. The molecule has 2 nitrogen and oxygen atoms in total. The second-order valence-electron chi connectivity index (χ2n) is 6.30. The van der Waals surface area contributed by atoms with E-state index >= 15 is 0 Å². The van der Waals surface area contributed by atoms with Crippen molar-refractivity contribution in [3.8, 4) is 6.07 Å². The van der Waals surface area contributed by atoms with E-state index < -0.39 is 0 Å². The Hall–Kier alpha value is -0.550. The van der Waals surface area contributed by atoms with E-state index in [0.717, 1.165) is 25.4 Å². The van der Waals surface area contributed by atoms with Crippen molar-refractivity contribution in [2.24, 2.45) is 11.3 Å². The molecule has 1 atom stereocenters. The molecule has 0 spiro atoms. The Bertz CT molecular complexity index is 264. The van der Waals surface area contributed by atoms with Gasteiger partial charge < -0.3 is 4.74 Å². The lowest BCUT2D eigenvalue weighted by molar-refractivity contribution is -0.107. The van der Waals surface area contributed by atoms with Crippen LogP contribution in [0.15, 0.2) is 0 Å². The third kappa shape index (κ3) is 3.79. The van der Waals surface area contributed by atoms with E-state index in [-0.39, 0.29) is 11.0 Å². The third-order valence-corrected chi connectivity index (χ3v) is 3.63. The minimum Gasteiger partial charge on any atom is -0.376 e. The van der Waals surface area contributed by atoms with Crippen molar-refractivity contribution in [2.75, 3.05) is 6.61 Å². The molecule has 0 aromatic carbocycles. The number of rotatable bonds is 4. The lowest BCUT2D eigenvalue weighted by Crippen LogP contribution is -2.41. The molecule has 0 N–H and O–H groups in total. The zero-order chi connectivity index (χ0) is 12.2. The van der Waals surface area contributed by atoms with E-state index in [1.54, 1.807) is 0 Å². The molecule has 1 saturated heterocycles. The summed E-state index contributed by atoms with van der Waals surface area (Å²) in [6, 6.07) is 2.38. The standard InChI is InChI=1S/C14H25NO/c1-12(2)5-6-14(7-9-15)8-10-16-13(3,4)11-14/h12H,5-8,10-11H2,1-4H3/t14-/m1/s1. The molecule has 2 heteroatoms. The first-order valence-electron chi connectivity index (χ1n) is 6.40. The largest absolute Gasteiger partial charge is 0.376 e. The molecule has 1 aliphatic heterocycles. The van der Waals surface area contributed by atoms with Crippen molar-refractivity contribution in [3.05, 3.63) is 0 Å². The van der Waals surface area contributed by atoms with Crippen LogP contribution in [0.25, 0.3) is 0 Å². The smallest absolute Gasteiger partial charge is 0.0632 e. The normalized spacial score (nSPS) is 29.0. The first kappa shape index (κ1) is 13.5. The van der Waals surface area contributed by atoms with Gasteiger partial charge >= 0.3 is 0 Å². The Morgan fingerprint density at radius 1 is 1.38 bits per heavy atom. The van der Waals surface area contributed by atoms with Gasteiger partial charge in [-0.25, -0.2) is 0 Å². The second kappa shape index (κ2) is 5.19. The van der Waals surface area contributed by atoms with Gasteiger partial charge in [-0.2, -0.15) is 5.26 Å². The molecule has 0 radical (unpaired) electrons. The number of nitrogens with zero attached hydrogens (tertiary/aromatic N) is 1. The monoisotopic (exact) mass is 223 g/mol. The fourth-order valence-corrected chi connectivity index (χ4v) is 2.80. The summed E-state index contributed by atoms with van der Waals surface area (Å²) < 4.78 is 5.76. The van der Waals surface area contributed by atoms with Gasteiger partial charge in [0, 0.05) is 13.0 Å². The highest BCUT2D eigenvalue weighted by molar-refractivity contribution is 4.95. The predicted molar refractivity (Wildman–Crippen MR) is 66.0 cm³/mol. The minimum atomic E-state index is -0.0495. The number of ether oxygens (including phenoxy) is 1. The quantitative estimate of drug-likeness (QED) is 0.724. The summed E-state index contributed by atoms with van der Waals surface area (Å²) in [5.74, 6) is 0.724. The molecule has 0 amide bonds. The van der Waals surface area contributed by atoms with Crippen LogP contribution in [0.3, 0.4) is 0 Å². The molecular formula is C14H25NO. The average Bonchev–Trinajstić information content (AvgIpc) is 2.14. The van der Waals surface area contributed by atoms with Gasteiger partial charge in [-0.05, 0) is 44.4 Å². The fraction of sp³-hybridized carbons (Fsp3) is 0.929. The van der Waals surface area contributed by atoms with Crippen LogP contribution in [0.4, 0.5) is 0 Å². The Kier molecular flexibility index (Phi) is 4.38. The van der Waals surface area contributed by atoms with Gasteiger partial charge in [0.1, 0.15) is 0 Å². The lowest BCUT2D eigenvalue weighted by Gasteiger charge is -2.44. The van der Waals surface area contributed by atoms with Crippen LogP contribution < -0.4 is 0 Å². The van der Waals surface area contributed by atoms with E-state index in [1.165, 1.54) is 12.8 Å². The van der Waals surface area contributed by atoms with Crippen LogP contribution in [0, 0.1) is 22.7 Å². The number of hydrogen-bond donors (Lipinski definition) is 0. The van der Waals surface area contributed by atoms with Crippen molar-refractivity contribution in [2.45, 2.75) is 65.4 Å². The summed E-state index contributed by atoms with van der Waals surface area (Å²) in [6.07, 6.45) is 5.16. The van der Waals surface area contributed by atoms with Gasteiger partial charge in [0.15, 0.2) is 0 Å². The molecule has 1 heterocycles. The van der Waals surface area contributed by atoms with Crippen molar-refractivity contribution in [1.29, 1.82) is 5.26 Å². The Morgan fingerprint density at radius 2 is 2.06 bits per heavy atom. The highest BCUT2D eigenvalue weighted by Crippen LogP contribution is 2.45. The molecule has 0 saturated carbocycles. The molecule has 1 fully saturated rings. The minimum absolute atomic E-state index is 0.0495. The van der Waals surface area contributed by atoms with Gasteiger partial charge in [0.25, 0.3) is 0 Å². The number of nitriles is 1. The Morgan fingerprint density at radius 3 is 2.56 bits per heavy atom. The fourth-order valence-electron chi connectivity index (χ4n) is 2.80. The molecule has 0 bridgehead atoms. The maximum atomic E-state index is 9.03. The average molecular weight is 223 g/mol. The topological polar surface area (TPSA) is 33.0 Å². The van der Waals surface area contributed by atoms with Crippen LogP contribution in [0.1, 0.15) is 59.8 Å². The van der Waals surface area contributed by atoms with Crippen LogP contribution in [0.2, 0.25) is 0 Å². The molecule has 1 aliphatic rings. The Balaban J connectivity index is 2.68. The molecule has 16 heavy (non-hydrogen) atoms. The summed E-state index contributed by atoms with van der Waals surface area (Å²) in [4.78, 5) is 0. The van der Waals surface area contributed by atoms with Crippen molar-refractivity contribution >= 4 is 0 Å². The number of hydrogen-bond acceptors (Lipinski definition) is 2. The van der Waals surface area contributed by atoms with Crippen LogP contribution in [-0.4, -0.2) is 12.2 Å². The molecule has 0 aromatic rings. The van der Waals surface area contributed by atoms with Crippen LogP contribution in [-0.2, 0) is 4.74 Å². The van der Waals surface area contributed by atoms with Crippen molar-refractivity contribution in [3.63, 3.8) is 0 Å². The van der Waals surface area contributed by atoms with Crippen molar-refractivity contribution < 1.29 is 4.74 Å². The molecule has 0 aliphatic carbocycles. The summed E-state index contributed by atoms with van der Waals surface area (Å²) in [5, 5.41) is 9.03. The van der Waals surface area contributed by atoms with Gasteiger partial charge in [-0.3, -0.25) is 0 Å². The van der Waals surface area contributed by atoms with Gasteiger partial charge in [-0.1, -0.05) is 20.3 Å². The maximum absolute atomic E-state index is 9.03. The highest BCUT2D eigenvalue weighted by Gasteiger charge is 2.40.